The average molecular weight is 461 g/mol. The molecule has 0 atom stereocenters. The van der Waals surface area contributed by atoms with Crippen molar-refractivity contribution in [1.82, 2.24) is 0 Å². The molecule has 0 heterocycles. The molecule has 0 radical (unpaired) electrons. The van der Waals surface area contributed by atoms with E-state index in [4.69, 9.17) is 0 Å². The zero-order valence-electron chi connectivity index (χ0n) is 14.2. The molecule has 0 aliphatic carbocycles. The zero-order valence-corrected chi connectivity index (χ0v) is 17.2. The monoisotopic (exact) mass is 461 g/mol. The second kappa shape index (κ2) is 8.94. The minimum Gasteiger partial charge on any atom is -0.726 e. The fourth-order valence-corrected chi connectivity index (χ4v) is 2.49. The van der Waals surface area contributed by atoms with Gasteiger partial charge in [-0.25, -0.2) is 8.42 Å². The lowest BCUT2D eigenvalue weighted by Crippen LogP contribution is -2.10. The molecule has 0 saturated carbocycles. The van der Waals surface area contributed by atoms with Crippen molar-refractivity contribution < 1.29 is 17.2 Å². The lowest BCUT2D eigenvalue weighted by molar-refractivity contribution is 0.252. The summed E-state index contributed by atoms with van der Waals surface area (Å²) in [5.41, 5.74) is 3.27. The van der Waals surface area contributed by atoms with Crippen molar-refractivity contribution in [2.75, 3.05) is 0 Å². The van der Waals surface area contributed by atoms with Gasteiger partial charge < -0.3 is 4.55 Å². The molecular formula is C18H22IO4S-. The predicted molar refractivity (Wildman–Crippen MR) is 104 cm³/mol. The van der Waals surface area contributed by atoms with E-state index in [2.05, 4.69) is 71.8 Å². The van der Waals surface area contributed by atoms with Gasteiger partial charge >= 0.3 is 0 Å². The van der Waals surface area contributed by atoms with Crippen LogP contribution in [-0.2, 0) is 26.6 Å². The van der Waals surface area contributed by atoms with Crippen LogP contribution in [-0.4, -0.2) is 13.0 Å². The first-order chi connectivity index (χ1) is 11.0. The van der Waals surface area contributed by atoms with Gasteiger partial charge in [-0.05, 0) is 63.8 Å². The minimum absolute atomic E-state index is 0.196. The molecular weight excluding hydrogens is 439 g/mol. The third kappa shape index (κ3) is 8.23. The summed E-state index contributed by atoms with van der Waals surface area (Å²) in [6.45, 7) is 8.31. The van der Waals surface area contributed by atoms with E-state index >= 15 is 0 Å². The second-order valence-corrected chi connectivity index (χ2v) is 8.65. The van der Waals surface area contributed by atoms with Crippen LogP contribution in [0.3, 0.4) is 0 Å². The smallest absolute Gasteiger partial charge is 0.217 e. The molecule has 4 nitrogen and oxygen atoms in total. The maximum atomic E-state index is 10.1. The van der Waals surface area contributed by atoms with Crippen molar-refractivity contribution in [3.63, 3.8) is 0 Å². The fourth-order valence-electron chi connectivity index (χ4n) is 1.86. The van der Waals surface area contributed by atoms with Crippen molar-refractivity contribution in [3.05, 3.63) is 68.8 Å². The Morgan fingerprint density at radius 1 is 1.04 bits per heavy atom. The molecule has 2 aromatic rings. The molecule has 132 valence electrons. The first-order valence-corrected chi connectivity index (χ1v) is 9.81. The summed E-state index contributed by atoms with van der Waals surface area (Å²) in [5.74, 6) is 0. The quantitative estimate of drug-likeness (QED) is 0.382. The summed E-state index contributed by atoms with van der Waals surface area (Å²) >= 11 is 2.32. The predicted octanol–water partition coefficient (Wildman–Crippen LogP) is 4.56. The van der Waals surface area contributed by atoms with E-state index in [0.29, 0.717) is 5.56 Å². The van der Waals surface area contributed by atoms with Crippen LogP contribution in [0, 0.1) is 10.5 Å². The van der Waals surface area contributed by atoms with Crippen molar-refractivity contribution >= 4 is 33.0 Å². The fraction of sp³-hybridized carbons (Fsp3) is 0.333. The first-order valence-electron chi connectivity index (χ1n) is 7.40. The maximum absolute atomic E-state index is 10.1. The Hall–Kier alpha value is -0.960. The first kappa shape index (κ1) is 21.1. The summed E-state index contributed by atoms with van der Waals surface area (Å²) in [7, 11) is -4.59. The van der Waals surface area contributed by atoms with Gasteiger partial charge in [0, 0.05) is 3.57 Å². The van der Waals surface area contributed by atoms with Crippen LogP contribution in [0.4, 0.5) is 0 Å². The van der Waals surface area contributed by atoms with Crippen molar-refractivity contribution in [1.29, 1.82) is 0 Å². The van der Waals surface area contributed by atoms with Gasteiger partial charge in [0.1, 0.15) is 0 Å². The Labute approximate surface area is 158 Å². The lowest BCUT2D eigenvalue weighted by atomic mass is 9.87. The van der Waals surface area contributed by atoms with Gasteiger partial charge in [-0.1, -0.05) is 57.2 Å². The molecule has 0 saturated heterocycles. The molecule has 0 spiro atoms. The van der Waals surface area contributed by atoms with Gasteiger partial charge in [0.25, 0.3) is 0 Å². The van der Waals surface area contributed by atoms with E-state index in [-0.39, 0.29) is 12.0 Å². The van der Waals surface area contributed by atoms with E-state index in [1.165, 1.54) is 9.13 Å². The summed E-state index contributed by atoms with van der Waals surface area (Å²) < 4.78 is 35.8. The Balaban J connectivity index is 0.000000243. The highest BCUT2D eigenvalue weighted by atomic mass is 127. The van der Waals surface area contributed by atoms with Crippen LogP contribution in [0.5, 0.6) is 0 Å². The third-order valence-electron chi connectivity index (χ3n) is 3.33. The van der Waals surface area contributed by atoms with E-state index in [0.717, 1.165) is 5.56 Å². The lowest BCUT2D eigenvalue weighted by Gasteiger charge is -2.18. The number of rotatable bonds is 3. The zero-order chi connectivity index (χ0) is 18.4. The molecule has 6 heteroatoms. The highest BCUT2D eigenvalue weighted by Crippen LogP contribution is 2.22. The summed E-state index contributed by atoms with van der Waals surface area (Å²) in [4.78, 5) is 0. The number of aryl methyl sites for hydroxylation is 1. The molecule has 0 aromatic heterocycles. The standard InChI is InChI=1S/C10H13I.C8H10O4S/c1-10(2,3)8-4-6-9(11)7-5-8;1-7-4-2-3-5-8(7)6-12-13(9,10)11/h4-7H,1-3H3;2-5H,6H2,1H3,(H,9,10,11)/p-1. The van der Waals surface area contributed by atoms with Crippen molar-refractivity contribution in [2.24, 2.45) is 0 Å². The average Bonchev–Trinajstić information content (AvgIpc) is 2.46. The van der Waals surface area contributed by atoms with Crippen molar-refractivity contribution in [3.8, 4) is 0 Å². The highest BCUT2D eigenvalue weighted by Gasteiger charge is 2.12. The number of hydrogen-bond donors (Lipinski definition) is 0. The molecule has 2 aromatic carbocycles. The molecule has 0 amide bonds. The SMILES string of the molecule is CC(C)(C)c1ccc(I)cc1.Cc1ccccc1COS(=O)(=O)[O-]. The Kier molecular flexibility index (Phi) is 7.85. The van der Waals surface area contributed by atoms with E-state index < -0.39 is 10.4 Å². The van der Waals surface area contributed by atoms with Crippen LogP contribution in [0.15, 0.2) is 48.5 Å². The summed E-state index contributed by atoms with van der Waals surface area (Å²) in [6.07, 6.45) is 0. The van der Waals surface area contributed by atoms with Crippen LogP contribution in [0.2, 0.25) is 0 Å². The number of benzene rings is 2. The summed E-state index contributed by atoms with van der Waals surface area (Å²) in [5, 5.41) is 0. The Morgan fingerprint density at radius 3 is 2.04 bits per heavy atom. The normalized spacial score (nSPS) is 11.6. The topological polar surface area (TPSA) is 66.4 Å². The van der Waals surface area contributed by atoms with Crippen LogP contribution >= 0.6 is 22.6 Å². The van der Waals surface area contributed by atoms with Gasteiger partial charge in [0.2, 0.25) is 10.4 Å². The summed E-state index contributed by atoms with van der Waals surface area (Å²) in [6, 6.07) is 15.8. The molecule has 0 unspecified atom stereocenters. The second-order valence-electron chi connectivity index (χ2n) is 6.35. The van der Waals surface area contributed by atoms with Crippen molar-refractivity contribution in [2.45, 2.75) is 39.7 Å². The largest absolute Gasteiger partial charge is 0.726 e. The molecule has 0 aliphatic heterocycles. The van der Waals surface area contributed by atoms with Crippen LogP contribution in [0.1, 0.15) is 37.5 Å². The molecule has 24 heavy (non-hydrogen) atoms. The molecule has 2 rings (SSSR count). The Bertz CT molecular complexity index is 747. The molecule has 0 fully saturated rings. The molecule has 0 bridgehead atoms. The highest BCUT2D eigenvalue weighted by molar-refractivity contribution is 14.1. The number of hydrogen-bond acceptors (Lipinski definition) is 4. The Morgan fingerprint density at radius 2 is 1.58 bits per heavy atom. The van der Waals surface area contributed by atoms with E-state index in [1.807, 2.05) is 19.1 Å². The van der Waals surface area contributed by atoms with Gasteiger partial charge in [-0.2, -0.15) is 0 Å². The van der Waals surface area contributed by atoms with Crippen LogP contribution < -0.4 is 0 Å². The van der Waals surface area contributed by atoms with Gasteiger partial charge in [-0.3, -0.25) is 4.18 Å². The van der Waals surface area contributed by atoms with Gasteiger partial charge in [-0.15, -0.1) is 0 Å². The number of halogens is 1. The minimum atomic E-state index is -4.59. The van der Waals surface area contributed by atoms with E-state index in [1.54, 1.807) is 12.1 Å². The van der Waals surface area contributed by atoms with E-state index in [9.17, 15) is 13.0 Å². The third-order valence-corrected chi connectivity index (χ3v) is 4.46. The van der Waals surface area contributed by atoms with Gasteiger partial charge in [0.05, 0.1) is 6.61 Å². The van der Waals surface area contributed by atoms with Gasteiger partial charge in [0.15, 0.2) is 0 Å². The van der Waals surface area contributed by atoms with Crippen LogP contribution in [0.25, 0.3) is 0 Å². The molecule has 0 aliphatic rings. The molecule has 0 N–H and O–H groups in total. The maximum Gasteiger partial charge on any atom is 0.217 e.